The third-order valence-electron chi connectivity index (χ3n) is 1.54. The predicted octanol–water partition coefficient (Wildman–Crippen LogP) is 2.18. The van der Waals surface area contributed by atoms with Gasteiger partial charge in [-0.1, -0.05) is 5.92 Å². The van der Waals surface area contributed by atoms with Crippen LogP contribution in [-0.2, 0) is 0 Å². The van der Waals surface area contributed by atoms with Crippen LogP contribution in [-0.4, -0.2) is 5.78 Å². The molecule has 0 spiro atoms. The third kappa shape index (κ3) is 1.76. The molecule has 0 fully saturated rings. The van der Waals surface area contributed by atoms with Crippen LogP contribution in [0.2, 0.25) is 0 Å². The molecule has 0 N–H and O–H groups in total. The van der Waals surface area contributed by atoms with Gasteiger partial charge < -0.3 is 4.42 Å². The average molecular weight is 162 g/mol. The molecule has 0 aromatic carbocycles. The molecule has 0 amide bonds. The maximum atomic E-state index is 11.3. The summed E-state index contributed by atoms with van der Waals surface area (Å²) >= 11 is 0. The largest absolute Gasteiger partial charge is 0.461 e. The Hall–Kier alpha value is -1.49. The lowest BCUT2D eigenvalue weighted by atomic mass is 10.2. The van der Waals surface area contributed by atoms with Crippen LogP contribution >= 0.6 is 0 Å². The summed E-state index contributed by atoms with van der Waals surface area (Å²) in [5, 5.41) is 0. The molecule has 62 valence electrons. The Morgan fingerprint density at radius 2 is 2.42 bits per heavy atom. The normalized spacial score (nSPS) is 8.83. The van der Waals surface area contributed by atoms with Gasteiger partial charge in [-0.15, -0.1) is 5.92 Å². The number of ketones is 1. The molecule has 0 aliphatic rings. The van der Waals surface area contributed by atoms with E-state index in [1.165, 1.54) is 6.26 Å². The second-order valence-electron chi connectivity index (χ2n) is 2.46. The van der Waals surface area contributed by atoms with Crippen LogP contribution in [0.1, 0.15) is 29.5 Å². The molecular formula is C10H10O2. The monoisotopic (exact) mass is 162 g/mol. The molecule has 0 aliphatic heterocycles. The number of carbonyl (C=O) groups is 1. The SMILES string of the molecule is CC#CCC(=O)c1occc1C. The number of carbonyl (C=O) groups excluding carboxylic acids is 1. The lowest BCUT2D eigenvalue weighted by molar-refractivity contribution is 0.0971. The van der Waals surface area contributed by atoms with Crippen LogP contribution < -0.4 is 0 Å². The van der Waals surface area contributed by atoms with E-state index in [-0.39, 0.29) is 12.2 Å². The van der Waals surface area contributed by atoms with Crippen molar-refractivity contribution in [3.05, 3.63) is 23.7 Å². The van der Waals surface area contributed by atoms with Crippen molar-refractivity contribution in [2.24, 2.45) is 0 Å². The molecule has 0 saturated carbocycles. The molecule has 0 saturated heterocycles. The summed E-state index contributed by atoms with van der Waals surface area (Å²) in [7, 11) is 0. The van der Waals surface area contributed by atoms with Crippen molar-refractivity contribution in [2.45, 2.75) is 20.3 Å². The highest BCUT2D eigenvalue weighted by Gasteiger charge is 2.10. The molecule has 0 radical (unpaired) electrons. The highest BCUT2D eigenvalue weighted by molar-refractivity contribution is 5.96. The van der Waals surface area contributed by atoms with Crippen molar-refractivity contribution in [2.75, 3.05) is 0 Å². The summed E-state index contributed by atoms with van der Waals surface area (Å²) in [4.78, 5) is 11.3. The van der Waals surface area contributed by atoms with E-state index in [1.807, 2.05) is 6.92 Å². The first-order chi connectivity index (χ1) is 5.75. The number of rotatable bonds is 2. The summed E-state index contributed by atoms with van der Waals surface area (Å²) in [6.07, 6.45) is 1.76. The Labute approximate surface area is 71.6 Å². The molecule has 12 heavy (non-hydrogen) atoms. The second-order valence-corrected chi connectivity index (χ2v) is 2.46. The minimum absolute atomic E-state index is 0.0492. The van der Waals surface area contributed by atoms with Gasteiger partial charge in [0.1, 0.15) is 0 Å². The van der Waals surface area contributed by atoms with Gasteiger partial charge in [-0.3, -0.25) is 4.79 Å². The van der Waals surface area contributed by atoms with Gasteiger partial charge in [0.05, 0.1) is 12.7 Å². The van der Waals surface area contributed by atoms with E-state index in [4.69, 9.17) is 4.42 Å². The highest BCUT2D eigenvalue weighted by Crippen LogP contribution is 2.10. The highest BCUT2D eigenvalue weighted by atomic mass is 16.3. The number of hydrogen-bond acceptors (Lipinski definition) is 2. The summed E-state index contributed by atoms with van der Waals surface area (Å²) in [6.45, 7) is 3.55. The molecular weight excluding hydrogens is 152 g/mol. The molecule has 0 unspecified atom stereocenters. The Morgan fingerprint density at radius 1 is 1.67 bits per heavy atom. The molecule has 0 aliphatic carbocycles. The lowest BCUT2D eigenvalue weighted by Gasteiger charge is -1.91. The summed E-state index contributed by atoms with van der Waals surface area (Å²) < 4.78 is 5.01. The van der Waals surface area contributed by atoms with Crippen LogP contribution in [0.5, 0.6) is 0 Å². The molecule has 0 bridgehead atoms. The Morgan fingerprint density at radius 3 is 2.92 bits per heavy atom. The molecule has 2 heteroatoms. The van der Waals surface area contributed by atoms with Crippen molar-refractivity contribution in [1.29, 1.82) is 0 Å². The van der Waals surface area contributed by atoms with E-state index in [0.29, 0.717) is 5.76 Å². The van der Waals surface area contributed by atoms with Crippen molar-refractivity contribution in [1.82, 2.24) is 0 Å². The topological polar surface area (TPSA) is 30.2 Å². The van der Waals surface area contributed by atoms with E-state index in [1.54, 1.807) is 13.0 Å². The van der Waals surface area contributed by atoms with Crippen LogP contribution in [0, 0.1) is 18.8 Å². The smallest absolute Gasteiger partial charge is 0.210 e. The van der Waals surface area contributed by atoms with E-state index in [9.17, 15) is 4.79 Å². The Kier molecular flexibility index (Phi) is 2.71. The van der Waals surface area contributed by atoms with Gasteiger partial charge in [0.15, 0.2) is 5.76 Å². The van der Waals surface area contributed by atoms with Crippen molar-refractivity contribution in [3.63, 3.8) is 0 Å². The van der Waals surface area contributed by atoms with Crippen molar-refractivity contribution in [3.8, 4) is 11.8 Å². The Balaban J connectivity index is 2.76. The van der Waals surface area contributed by atoms with Gasteiger partial charge in [-0.05, 0) is 25.5 Å². The zero-order chi connectivity index (χ0) is 8.97. The van der Waals surface area contributed by atoms with Gasteiger partial charge in [0.25, 0.3) is 0 Å². The minimum atomic E-state index is -0.0492. The average Bonchev–Trinajstić information content (AvgIpc) is 2.47. The zero-order valence-electron chi connectivity index (χ0n) is 7.18. The zero-order valence-corrected chi connectivity index (χ0v) is 7.18. The standard InChI is InChI=1S/C10H10O2/c1-3-4-5-9(11)10-8(2)6-7-12-10/h6-7H,5H2,1-2H3. The number of hydrogen-bond donors (Lipinski definition) is 0. The molecule has 1 heterocycles. The number of furan rings is 1. The van der Waals surface area contributed by atoms with Gasteiger partial charge in [-0.2, -0.15) is 0 Å². The maximum Gasteiger partial charge on any atom is 0.210 e. The first-order valence-electron chi connectivity index (χ1n) is 3.72. The summed E-state index contributed by atoms with van der Waals surface area (Å²) in [5.41, 5.74) is 0.873. The van der Waals surface area contributed by atoms with Crippen molar-refractivity contribution >= 4 is 5.78 Å². The molecule has 1 aromatic rings. The van der Waals surface area contributed by atoms with E-state index < -0.39 is 0 Å². The first kappa shape index (κ1) is 8.61. The molecule has 0 atom stereocenters. The first-order valence-corrected chi connectivity index (χ1v) is 3.72. The fourth-order valence-electron chi connectivity index (χ4n) is 0.907. The molecule has 1 rings (SSSR count). The van der Waals surface area contributed by atoms with Gasteiger partial charge in [0.2, 0.25) is 5.78 Å². The second kappa shape index (κ2) is 3.77. The van der Waals surface area contributed by atoms with Crippen molar-refractivity contribution < 1.29 is 9.21 Å². The lowest BCUT2D eigenvalue weighted by Crippen LogP contribution is -1.96. The van der Waals surface area contributed by atoms with E-state index in [2.05, 4.69) is 11.8 Å². The minimum Gasteiger partial charge on any atom is -0.461 e. The van der Waals surface area contributed by atoms with Crippen LogP contribution in [0.15, 0.2) is 16.7 Å². The van der Waals surface area contributed by atoms with Gasteiger partial charge in [-0.25, -0.2) is 0 Å². The van der Waals surface area contributed by atoms with E-state index in [0.717, 1.165) is 5.56 Å². The maximum absolute atomic E-state index is 11.3. The quantitative estimate of drug-likeness (QED) is 0.493. The van der Waals surface area contributed by atoms with Gasteiger partial charge in [0, 0.05) is 0 Å². The molecule has 1 aromatic heterocycles. The molecule has 2 nitrogen and oxygen atoms in total. The fourth-order valence-corrected chi connectivity index (χ4v) is 0.907. The number of Topliss-reactive ketones (excluding diaryl/α,β-unsaturated/α-hetero) is 1. The van der Waals surface area contributed by atoms with Crippen LogP contribution in [0.3, 0.4) is 0 Å². The summed E-state index contributed by atoms with van der Waals surface area (Å²) in [6, 6.07) is 1.77. The third-order valence-corrected chi connectivity index (χ3v) is 1.54. The predicted molar refractivity (Wildman–Crippen MR) is 45.8 cm³/mol. The summed E-state index contributed by atoms with van der Waals surface area (Å²) in [5.74, 6) is 5.75. The fraction of sp³-hybridized carbons (Fsp3) is 0.300. The van der Waals surface area contributed by atoms with Crippen LogP contribution in [0.4, 0.5) is 0 Å². The van der Waals surface area contributed by atoms with Crippen LogP contribution in [0.25, 0.3) is 0 Å². The van der Waals surface area contributed by atoms with E-state index >= 15 is 0 Å². The Bertz CT molecular complexity index is 336. The van der Waals surface area contributed by atoms with Gasteiger partial charge >= 0.3 is 0 Å². The number of aryl methyl sites for hydroxylation is 1.